The van der Waals surface area contributed by atoms with Crippen molar-refractivity contribution < 1.29 is 13.5 Å². The third kappa shape index (κ3) is 4.66. The summed E-state index contributed by atoms with van der Waals surface area (Å²) in [6, 6.07) is 5.46. The van der Waals surface area contributed by atoms with E-state index in [1.54, 1.807) is 6.07 Å². The number of hydrogen-bond acceptors (Lipinski definition) is 3. The van der Waals surface area contributed by atoms with Crippen molar-refractivity contribution in [3.8, 4) is 0 Å². The first-order valence-corrected chi connectivity index (χ1v) is 7.86. The molecule has 0 bridgehead atoms. The standard InChI is InChI=1S/C12H17ClO3S/c1-9-5-3-6-10(12(9)13)11(14)7-4-8-17(2,15)16/h3,5-6,11,14H,4,7-8H2,1-2H3. The van der Waals surface area contributed by atoms with Gasteiger partial charge in [-0.2, -0.15) is 0 Å². The number of aryl methyl sites for hydroxylation is 1. The van der Waals surface area contributed by atoms with Gasteiger partial charge in [0.2, 0.25) is 0 Å². The lowest BCUT2D eigenvalue weighted by atomic mass is 10.0. The summed E-state index contributed by atoms with van der Waals surface area (Å²) in [4.78, 5) is 0. The Hall–Kier alpha value is -0.580. The number of aliphatic hydroxyl groups excluding tert-OH is 1. The molecule has 1 aromatic rings. The molecule has 1 atom stereocenters. The molecule has 0 aliphatic rings. The molecule has 0 saturated carbocycles. The molecular formula is C12H17ClO3S. The van der Waals surface area contributed by atoms with Crippen LogP contribution in [-0.2, 0) is 9.84 Å². The number of rotatable bonds is 5. The van der Waals surface area contributed by atoms with Gasteiger partial charge in [-0.15, -0.1) is 0 Å². The topological polar surface area (TPSA) is 54.4 Å². The fourth-order valence-electron chi connectivity index (χ4n) is 1.62. The highest BCUT2D eigenvalue weighted by molar-refractivity contribution is 7.90. The normalized spacial score (nSPS) is 13.6. The van der Waals surface area contributed by atoms with Crippen LogP contribution in [0.25, 0.3) is 0 Å². The van der Waals surface area contributed by atoms with E-state index in [0.29, 0.717) is 23.4 Å². The number of sulfone groups is 1. The molecule has 1 aromatic carbocycles. The Kier molecular flexibility index (Phi) is 4.98. The maximum Gasteiger partial charge on any atom is 0.147 e. The molecule has 0 radical (unpaired) electrons. The summed E-state index contributed by atoms with van der Waals surface area (Å²) in [5.41, 5.74) is 1.58. The first-order valence-electron chi connectivity index (χ1n) is 5.42. The Labute approximate surface area is 107 Å². The molecule has 0 spiro atoms. The second-order valence-electron chi connectivity index (χ2n) is 4.27. The second kappa shape index (κ2) is 5.85. The van der Waals surface area contributed by atoms with Crippen molar-refractivity contribution in [2.24, 2.45) is 0 Å². The van der Waals surface area contributed by atoms with Crippen LogP contribution in [0.1, 0.15) is 30.1 Å². The monoisotopic (exact) mass is 276 g/mol. The molecule has 0 fully saturated rings. The molecule has 1 unspecified atom stereocenters. The summed E-state index contributed by atoms with van der Waals surface area (Å²) >= 11 is 6.08. The van der Waals surface area contributed by atoms with Crippen LogP contribution in [0.15, 0.2) is 18.2 Å². The summed E-state index contributed by atoms with van der Waals surface area (Å²) in [5.74, 6) is 0.0908. The lowest BCUT2D eigenvalue weighted by Gasteiger charge is -2.13. The van der Waals surface area contributed by atoms with Crippen LogP contribution in [0.2, 0.25) is 5.02 Å². The molecule has 96 valence electrons. The number of aliphatic hydroxyl groups is 1. The average Bonchev–Trinajstić information content (AvgIpc) is 2.20. The molecular weight excluding hydrogens is 260 g/mol. The zero-order valence-electron chi connectivity index (χ0n) is 9.98. The van der Waals surface area contributed by atoms with Crippen molar-refractivity contribution in [2.45, 2.75) is 25.9 Å². The van der Waals surface area contributed by atoms with Crippen LogP contribution in [-0.4, -0.2) is 25.5 Å². The van der Waals surface area contributed by atoms with E-state index in [1.807, 2.05) is 19.1 Å². The van der Waals surface area contributed by atoms with Gasteiger partial charge in [0, 0.05) is 17.0 Å². The van der Waals surface area contributed by atoms with E-state index >= 15 is 0 Å². The van der Waals surface area contributed by atoms with E-state index in [2.05, 4.69) is 0 Å². The third-order valence-electron chi connectivity index (χ3n) is 2.57. The number of halogens is 1. The molecule has 3 nitrogen and oxygen atoms in total. The predicted octanol–water partition coefficient (Wildman–Crippen LogP) is 2.51. The molecule has 17 heavy (non-hydrogen) atoms. The highest BCUT2D eigenvalue weighted by atomic mass is 35.5. The Morgan fingerprint density at radius 1 is 1.41 bits per heavy atom. The van der Waals surface area contributed by atoms with E-state index in [9.17, 15) is 13.5 Å². The van der Waals surface area contributed by atoms with Crippen molar-refractivity contribution in [3.05, 3.63) is 34.3 Å². The minimum atomic E-state index is -2.96. The van der Waals surface area contributed by atoms with Crippen LogP contribution in [0.3, 0.4) is 0 Å². The second-order valence-corrected chi connectivity index (χ2v) is 6.90. The van der Waals surface area contributed by atoms with Crippen molar-refractivity contribution in [3.63, 3.8) is 0 Å². The van der Waals surface area contributed by atoms with E-state index < -0.39 is 15.9 Å². The zero-order valence-corrected chi connectivity index (χ0v) is 11.6. The SMILES string of the molecule is Cc1cccc(C(O)CCCS(C)(=O)=O)c1Cl. The van der Waals surface area contributed by atoms with Crippen molar-refractivity contribution in [1.82, 2.24) is 0 Å². The summed E-state index contributed by atoms with van der Waals surface area (Å²) < 4.78 is 21.9. The fraction of sp³-hybridized carbons (Fsp3) is 0.500. The summed E-state index contributed by atoms with van der Waals surface area (Å²) in [6.45, 7) is 1.87. The molecule has 1 rings (SSSR count). The number of benzene rings is 1. The van der Waals surface area contributed by atoms with E-state index in [1.165, 1.54) is 6.26 Å². The Morgan fingerprint density at radius 2 is 2.06 bits per heavy atom. The highest BCUT2D eigenvalue weighted by Crippen LogP contribution is 2.28. The Balaban J connectivity index is 2.64. The van der Waals surface area contributed by atoms with Crippen molar-refractivity contribution >= 4 is 21.4 Å². The lowest BCUT2D eigenvalue weighted by molar-refractivity contribution is 0.167. The van der Waals surface area contributed by atoms with Gasteiger partial charge >= 0.3 is 0 Å². The minimum Gasteiger partial charge on any atom is -0.388 e. The molecule has 0 heterocycles. The van der Waals surface area contributed by atoms with Crippen LogP contribution in [0.5, 0.6) is 0 Å². The van der Waals surface area contributed by atoms with Gasteiger partial charge in [-0.25, -0.2) is 8.42 Å². The summed E-state index contributed by atoms with van der Waals surface area (Å²) in [5, 5.41) is 10.5. The quantitative estimate of drug-likeness (QED) is 0.899. The van der Waals surface area contributed by atoms with Gasteiger partial charge in [-0.3, -0.25) is 0 Å². The molecule has 1 N–H and O–H groups in total. The summed E-state index contributed by atoms with van der Waals surface area (Å²) in [6.07, 6.45) is 1.32. The smallest absolute Gasteiger partial charge is 0.147 e. The van der Waals surface area contributed by atoms with Crippen molar-refractivity contribution in [1.29, 1.82) is 0 Å². The van der Waals surface area contributed by atoms with Gasteiger partial charge in [0.1, 0.15) is 9.84 Å². The average molecular weight is 277 g/mol. The van der Waals surface area contributed by atoms with Gasteiger partial charge in [0.25, 0.3) is 0 Å². The highest BCUT2D eigenvalue weighted by Gasteiger charge is 2.13. The largest absolute Gasteiger partial charge is 0.388 e. The minimum absolute atomic E-state index is 0.0908. The lowest BCUT2D eigenvalue weighted by Crippen LogP contribution is -2.06. The predicted molar refractivity (Wildman–Crippen MR) is 70.1 cm³/mol. The maximum absolute atomic E-state index is 11.0. The molecule has 0 aliphatic heterocycles. The fourth-order valence-corrected chi connectivity index (χ4v) is 2.56. The Bertz CT molecular complexity index is 483. The van der Waals surface area contributed by atoms with E-state index in [0.717, 1.165) is 5.56 Å². The van der Waals surface area contributed by atoms with Gasteiger partial charge < -0.3 is 5.11 Å². The third-order valence-corrected chi connectivity index (χ3v) is 4.12. The zero-order chi connectivity index (χ0) is 13.1. The van der Waals surface area contributed by atoms with Gasteiger partial charge in [-0.1, -0.05) is 29.8 Å². The molecule has 5 heteroatoms. The van der Waals surface area contributed by atoms with Crippen LogP contribution < -0.4 is 0 Å². The van der Waals surface area contributed by atoms with Crippen LogP contribution in [0, 0.1) is 6.92 Å². The van der Waals surface area contributed by atoms with Crippen LogP contribution in [0.4, 0.5) is 0 Å². The van der Waals surface area contributed by atoms with Crippen LogP contribution >= 0.6 is 11.6 Å². The van der Waals surface area contributed by atoms with E-state index in [4.69, 9.17) is 11.6 Å². The molecule has 0 saturated heterocycles. The van der Waals surface area contributed by atoms with E-state index in [-0.39, 0.29) is 5.75 Å². The van der Waals surface area contributed by atoms with Gasteiger partial charge in [0.15, 0.2) is 0 Å². The van der Waals surface area contributed by atoms with Gasteiger partial charge in [-0.05, 0) is 30.9 Å². The van der Waals surface area contributed by atoms with Crippen molar-refractivity contribution in [2.75, 3.05) is 12.0 Å². The summed E-state index contributed by atoms with van der Waals surface area (Å²) in [7, 11) is -2.96. The Morgan fingerprint density at radius 3 is 2.65 bits per heavy atom. The molecule has 0 amide bonds. The number of hydrogen-bond donors (Lipinski definition) is 1. The first kappa shape index (κ1) is 14.5. The molecule has 0 aromatic heterocycles. The maximum atomic E-state index is 11.0. The van der Waals surface area contributed by atoms with Gasteiger partial charge in [0.05, 0.1) is 6.10 Å². The molecule has 0 aliphatic carbocycles. The first-order chi connectivity index (χ1) is 7.81.